The van der Waals surface area contributed by atoms with Crippen LogP contribution in [-0.4, -0.2) is 35.6 Å². The van der Waals surface area contributed by atoms with E-state index >= 15 is 0 Å². The number of nitrogens with one attached hydrogen (secondary N) is 1. The van der Waals surface area contributed by atoms with Crippen LogP contribution in [0.25, 0.3) is 0 Å². The number of rotatable bonds is 5. The van der Waals surface area contributed by atoms with E-state index in [4.69, 9.17) is 0 Å². The third-order valence-electron chi connectivity index (χ3n) is 6.17. The van der Waals surface area contributed by atoms with Crippen molar-refractivity contribution in [1.82, 2.24) is 10.2 Å². The van der Waals surface area contributed by atoms with Crippen LogP contribution in [0.5, 0.6) is 0 Å². The summed E-state index contributed by atoms with van der Waals surface area (Å²) in [5, 5.41) is 13.2. The lowest BCUT2D eigenvalue weighted by Gasteiger charge is -2.35. The molecule has 2 aliphatic carbocycles. The highest BCUT2D eigenvalue weighted by Crippen LogP contribution is 2.41. The molecule has 1 N–H and O–H groups in total. The number of nitrogens with zero attached hydrogens (tertiary/aromatic N) is 2. The van der Waals surface area contributed by atoms with Gasteiger partial charge in [0.15, 0.2) is 0 Å². The highest BCUT2D eigenvalue weighted by atomic mass is 15.2. The Kier molecular flexibility index (Phi) is 4.86. The van der Waals surface area contributed by atoms with Crippen LogP contribution >= 0.6 is 0 Å². The second-order valence-electron chi connectivity index (χ2n) is 7.51. The Morgan fingerprint density at radius 2 is 2.00 bits per heavy atom. The summed E-state index contributed by atoms with van der Waals surface area (Å²) in [7, 11) is 0. The van der Waals surface area contributed by atoms with Gasteiger partial charge in [0.1, 0.15) is 5.54 Å². The van der Waals surface area contributed by atoms with Crippen molar-refractivity contribution in [3.8, 4) is 6.07 Å². The maximum Gasteiger partial charge on any atom is 0.108 e. The van der Waals surface area contributed by atoms with Crippen molar-refractivity contribution in [2.75, 3.05) is 13.1 Å². The zero-order valence-electron chi connectivity index (χ0n) is 13.6. The summed E-state index contributed by atoms with van der Waals surface area (Å²) in [4.78, 5) is 2.81. The van der Waals surface area contributed by atoms with Crippen molar-refractivity contribution in [2.24, 2.45) is 5.92 Å². The first-order valence-electron chi connectivity index (χ1n) is 9.20. The molecule has 0 aromatic heterocycles. The summed E-state index contributed by atoms with van der Waals surface area (Å²) in [5.41, 5.74) is -0.233. The molecule has 2 saturated carbocycles. The van der Waals surface area contributed by atoms with Crippen LogP contribution in [0.2, 0.25) is 0 Å². The van der Waals surface area contributed by atoms with Crippen LogP contribution in [0.1, 0.15) is 71.1 Å². The van der Waals surface area contributed by atoms with Gasteiger partial charge in [0.2, 0.25) is 0 Å². The van der Waals surface area contributed by atoms with Gasteiger partial charge in [0.05, 0.1) is 6.07 Å². The smallest absolute Gasteiger partial charge is 0.108 e. The third-order valence-corrected chi connectivity index (χ3v) is 6.17. The Morgan fingerprint density at radius 3 is 2.71 bits per heavy atom. The van der Waals surface area contributed by atoms with Crippen molar-refractivity contribution < 1.29 is 0 Å². The van der Waals surface area contributed by atoms with Gasteiger partial charge in [0.25, 0.3) is 0 Å². The van der Waals surface area contributed by atoms with E-state index in [1.807, 2.05) is 0 Å². The maximum atomic E-state index is 9.65. The molecule has 0 radical (unpaired) electrons. The minimum Gasteiger partial charge on any atom is -0.299 e. The van der Waals surface area contributed by atoms with E-state index in [-0.39, 0.29) is 5.54 Å². The fourth-order valence-electron chi connectivity index (χ4n) is 5.09. The van der Waals surface area contributed by atoms with Crippen LogP contribution in [0, 0.1) is 17.2 Å². The molecule has 3 fully saturated rings. The van der Waals surface area contributed by atoms with Crippen LogP contribution in [-0.2, 0) is 0 Å². The van der Waals surface area contributed by atoms with E-state index in [2.05, 4.69) is 23.2 Å². The number of likely N-dealkylation sites (tertiary alicyclic amines) is 1. The summed E-state index contributed by atoms with van der Waals surface area (Å²) < 4.78 is 0. The molecule has 0 aromatic carbocycles. The second kappa shape index (κ2) is 6.67. The van der Waals surface area contributed by atoms with Gasteiger partial charge in [-0.15, -0.1) is 0 Å². The molecule has 3 atom stereocenters. The molecule has 0 aromatic rings. The normalized spacial score (nSPS) is 38.1. The van der Waals surface area contributed by atoms with Gasteiger partial charge >= 0.3 is 0 Å². The fourth-order valence-corrected chi connectivity index (χ4v) is 5.09. The molecule has 3 heteroatoms. The first-order chi connectivity index (χ1) is 10.3. The van der Waals surface area contributed by atoms with Crippen molar-refractivity contribution in [1.29, 1.82) is 5.26 Å². The van der Waals surface area contributed by atoms with Crippen LogP contribution in [0.3, 0.4) is 0 Å². The molecule has 0 spiro atoms. The average molecular weight is 289 g/mol. The number of hydrogen-bond donors (Lipinski definition) is 1. The van der Waals surface area contributed by atoms with Gasteiger partial charge in [-0.25, -0.2) is 0 Å². The second-order valence-corrected chi connectivity index (χ2v) is 7.51. The fraction of sp³-hybridized carbons (Fsp3) is 0.944. The molecule has 0 amide bonds. The molecule has 1 saturated heterocycles. The van der Waals surface area contributed by atoms with Gasteiger partial charge in [-0.1, -0.05) is 19.8 Å². The van der Waals surface area contributed by atoms with E-state index in [1.165, 1.54) is 51.5 Å². The van der Waals surface area contributed by atoms with Crippen LogP contribution < -0.4 is 5.32 Å². The van der Waals surface area contributed by atoms with Crippen molar-refractivity contribution in [2.45, 2.75) is 88.8 Å². The quantitative estimate of drug-likeness (QED) is 0.842. The van der Waals surface area contributed by atoms with Crippen LogP contribution in [0.4, 0.5) is 0 Å². The first kappa shape index (κ1) is 15.3. The lowest BCUT2D eigenvalue weighted by Crippen LogP contribution is -2.46. The van der Waals surface area contributed by atoms with Crippen molar-refractivity contribution >= 4 is 0 Å². The van der Waals surface area contributed by atoms with Crippen molar-refractivity contribution in [3.63, 3.8) is 0 Å². The number of hydrogen-bond acceptors (Lipinski definition) is 3. The molecular weight excluding hydrogens is 258 g/mol. The van der Waals surface area contributed by atoms with E-state index < -0.39 is 0 Å². The van der Waals surface area contributed by atoms with Crippen molar-refractivity contribution in [3.05, 3.63) is 0 Å². The predicted molar refractivity (Wildman–Crippen MR) is 86.0 cm³/mol. The lowest BCUT2D eigenvalue weighted by molar-refractivity contribution is 0.133. The van der Waals surface area contributed by atoms with Gasteiger partial charge < -0.3 is 0 Å². The molecule has 3 nitrogen and oxygen atoms in total. The summed E-state index contributed by atoms with van der Waals surface area (Å²) in [5.74, 6) is 0.952. The standard InChI is InChI=1S/C18H31N3/c1-2-11-20-18(14-19)10-9-16(13-18)21-12-5-8-17(21)15-6-3-4-7-15/h15-17,20H,2-13H2,1H3. The minimum absolute atomic E-state index is 0.233. The highest BCUT2D eigenvalue weighted by Gasteiger charge is 2.45. The van der Waals surface area contributed by atoms with Gasteiger partial charge in [-0.3, -0.25) is 10.2 Å². The van der Waals surface area contributed by atoms with E-state index in [0.29, 0.717) is 6.04 Å². The van der Waals surface area contributed by atoms with Gasteiger partial charge in [0, 0.05) is 12.1 Å². The molecule has 21 heavy (non-hydrogen) atoms. The summed E-state index contributed by atoms with van der Waals surface area (Å²) >= 11 is 0. The number of nitriles is 1. The summed E-state index contributed by atoms with van der Waals surface area (Å²) in [6, 6.07) is 4.10. The Labute approximate surface area is 130 Å². The minimum atomic E-state index is -0.233. The van der Waals surface area contributed by atoms with Crippen LogP contribution in [0.15, 0.2) is 0 Å². The van der Waals surface area contributed by atoms with E-state index in [1.54, 1.807) is 0 Å². The van der Waals surface area contributed by atoms with Gasteiger partial charge in [-0.05, 0) is 70.4 Å². The summed E-state index contributed by atoms with van der Waals surface area (Å²) in [6.45, 7) is 4.44. The zero-order valence-corrected chi connectivity index (χ0v) is 13.6. The third kappa shape index (κ3) is 3.12. The molecular formula is C18H31N3. The highest BCUT2D eigenvalue weighted by molar-refractivity contribution is 5.14. The van der Waals surface area contributed by atoms with E-state index in [9.17, 15) is 5.26 Å². The predicted octanol–water partition coefficient (Wildman–Crippen LogP) is 3.46. The topological polar surface area (TPSA) is 39.1 Å². The lowest BCUT2D eigenvalue weighted by atomic mass is 9.94. The van der Waals surface area contributed by atoms with E-state index in [0.717, 1.165) is 37.8 Å². The van der Waals surface area contributed by atoms with Gasteiger partial charge in [-0.2, -0.15) is 5.26 Å². The summed E-state index contributed by atoms with van der Waals surface area (Å²) in [6.07, 6.45) is 13.0. The molecule has 3 rings (SSSR count). The molecule has 118 valence electrons. The molecule has 3 aliphatic rings. The molecule has 0 bridgehead atoms. The Morgan fingerprint density at radius 1 is 1.19 bits per heavy atom. The zero-order chi connectivity index (χ0) is 14.7. The Bertz CT molecular complexity index is 382. The maximum absolute atomic E-state index is 9.65. The first-order valence-corrected chi connectivity index (χ1v) is 9.20. The molecule has 1 heterocycles. The molecule has 1 aliphatic heterocycles. The largest absolute Gasteiger partial charge is 0.299 e. The molecule has 3 unspecified atom stereocenters. The SMILES string of the molecule is CCCNC1(C#N)CCC(N2CCCC2C2CCCC2)C1. The Hall–Kier alpha value is -0.590. The average Bonchev–Trinajstić information content (AvgIpc) is 3.23. The Balaban J connectivity index is 1.63. The monoisotopic (exact) mass is 289 g/mol.